The van der Waals surface area contributed by atoms with Crippen LogP contribution in [0.3, 0.4) is 0 Å². The average molecular weight is 289 g/mol. The van der Waals surface area contributed by atoms with Crippen LogP contribution >= 0.6 is 0 Å². The molecule has 0 radical (unpaired) electrons. The van der Waals surface area contributed by atoms with E-state index >= 15 is 0 Å². The van der Waals surface area contributed by atoms with Crippen molar-refractivity contribution >= 4 is 0 Å². The Balaban J connectivity index is 4.20. The van der Waals surface area contributed by atoms with E-state index in [2.05, 4.69) is 24.7 Å². The molecule has 0 aromatic carbocycles. The molecule has 122 valence electrons. The molecule has 1 atom stereocenters. The van der Waals surface area contributed by atoms with Crippen LogP contribution in [0.4, 0.5) is 0 Å². The fourth-order valence-corrected chi connectivity index (χ4v) is 1.93. The Labute approximate surface area is 124 Å². The molecule has 0 aliphatic heterocycles. The van der Waals surface area contributed by atoms with Crippen LogP contribution in [0.1, 0.15) is 61.3 Å². The predicted octanol–water partition coefficient (Wildman–Crippen LogP) is 0.763. The van der Waals surface area contributed by atoms with Crippen LogP contribution in [0.5, 0.6) is 0 Å². The molecular formula is C14H35N5O. The molecule has 0 aliphatic carbocycles. The zero-order valence-corrected chi connectivity index (χ0v) is 14.3. The van der Waals surface area contributed by atoms with E-state index in [1.54, 1.807) is 0 Å². The lowest BCUT2D eigenvalue weighted by Gasteiger charge is -2.37. The van der Waals surface area contributed by atoms with Gasteiger partial charge in [0.25, 0.3) is 0 Å². The van der Waals surface area contributed by atoms with Gasteiger partial charge in [-0.2, -0.15) is 0 Å². The van der Waals surface area contributed by atoms with Crippen molar-refractivity contribution in [2.75, 3.05) is 6.61 Å². The van der Waals surface area contributed by atoms with Crippen LogP contribution in [0, 0.1) is 0 Å². The number of rotatable bonds is 9. The molecule has 0 saturated carbocycles. The van der Waals surface area contributed by atoms with Crippen molar-refractivity contribution in [3.8, 4) is 0 Å². The van der Waals surface area contributed by atoms with Gasteiger partial charge in [0.15, 0.2) is 0 Å². The topological polar surface area (TPSA) is 111 Å². The molecule has 0 saturated heterocycles. The highest BCUT2D eigenvalue weighted by molar-refractivity contribution is 4.87. The normalized spacial score (nSPS) is 17.1. The first-order chi connectivity index (χ1) is 8.62. The summed E-state index contributed by atoms with van der Waals surface area (Å²) in [7, 11) is 0. The van der Waals surface area contributed by atoms with E-state index in [9.17, 15) is 0 Å². The molecule has 8 N–H and O–H groups in total. The fraction of sp³-hybridized carbons (Fsp3) is 1.00. The Morgan fingerprint density at radius 3 is 1.75 bits per heavy atom. The van der Waals surface area contributed by atoms with E-state index < -0.39 is 11.4 Å². The number of nitrogens with one attached hydrogen (secondary N) is 2. The Morgan fingerprint density at radius 1 is 0.850 bits per heavy atom. The highest BCUT2D eigenvalue weighted by Gasteiger charge is 2.28. The SMILES string of the molecule is CC(C)(N)CC(C)(N)NNC(C)(C)CCOC(C)(C)N. The Morgan fingerprint density at radius 2 is 1.35 bits per heavy atom. The third kappa shape index (κ3) is 11.6. The largest absolute Gasteiger partial charge is 0.361 e. The molecule has 0 bridgehead atoms. The summed E-state index contributed by atoms with van der Waals surface area (Å²) in [5, 5.41) is 0. The highest BCUT2D eigenvalue weighted by atomic mass is 16.5. The minimum Gasteiger partial charge on any atom is -0.361 e. The summed E-state index contributed by atoms with van der Waals surface area (Å²) in [5.41, 5.74) is 22.7. The fourth-order valence-electron chi connectivity index (χ4n) is 1.93. The molecule has 0 amide bonds. The van der Waals surface area contributed by atoms with Crippen LogP contribution in [-0.4, -0.2) is 29.1 Å². The Kier molecular flexibility index (Phi) is 6.60. The van der Waals surface area contributed by atoms with Crippen LogP contribution in [0.2, 0.25) is 0 Å². The van der Waals surface area contributed by atoms with Crippen molar-refractivity contribution in [1.29, 1.82) is 0 Å². The maximum Gasteiger partial charge on any atom is 0.111 e. The minimum atomic E-state index is -0.602. The number of ether oxygens (including phenoxy) is 1. The van der Waals surface area contributed by atoms with Gasteiger partial charge in [0.2, 0.25) is 0 Å². The molecule has 0 heterocycles. The molecule has 1 unspecified atom stereocenters. The van der Waals surface area contributed by atoms with Gasteiger partial charge in [-0.15, -0.1) is 0 Å². The summed E-state index contributed by atoms with van der Waals surface area (Å²) >= 11 is 0. The maximum absolute atomic E-state index is 6.20. The van der Waals surface area contributed by atoms with Crippen molar-refractivity contribution in [3.05, 3.63) is 0 Å². The van der Waals surface area contributed by atoms with E-state index in [4.69, 9.17) is 21.9 Å². The first-order valence-corrected chi connectivity index (χ1v) is 7.17. The molecule has 20 heavy (non-hydrogen) atoms. The van der Waals surface area contributed by atoms with Crippen molar-refractivity contribution in [2.24, 2.45) is 17.2 Å². The molecule has 6 nitrogen and oxygen atoms in total. The summed E-state index contributed by atoms with van der Waals surface area (Å²) < 4.78 is 5.54. The summed E-state index contributed by atoms with van der Waals surface area (Å²) in [6, 6.07) is 0. The lowest BCUT2D eigenvalue weighted by Crippen LogP contribution is -2.64. The number of nitrogens with two attached hydrogens (primary N) is 3. The van der Waals surface area contributed by atoms with E-state index in [1.165, 1.54) is 0 Å². The first kappa shape index (κ1) is 19.8. The number of hydrogen-bond donors (Lipinski definition) is 5. The van der Waals surface area contributed by atoms with Crippen molar-refractivity contribution in [3.63, 3.8) is 0 Å². The molecule has 0 rings (SSSR count). The molecule has 6 heteroatoms. The molecule has 0 aromatic rings. The Bertz CT molecular complexity index is 289. The maximum atomic E-state index is 6.20. The first-order valence-electron chi connectivity index (χ1n) is 7.17. The second-order valence-electron chi connectivity index (χ2n) is 7.92. The smallest absolute Gasteiger partial charge is 0.111 e. The lowest BCUT2D eigenvalue weighted by molar-refractivity contribution is -0.0222. The standard InChI is InChI=1S/C14H35N5O/c1-11(2,15)10-14(7,17)19-18-12(3,4)8-9-20-13(5,6)16/h18-19H,8-10,15-17H2,1-7H3. The summed E-state index contributed by atoms with van der Waals surface area (Å²) in [4.78, 5) is 0. The second kappa shape index (κ2) is 6.68. The molecule has 0 aromatic heterocycles. The van der Waals surface area contributed by atoms with Crippen LogP contribution in [-0.2, 0) is 4.74 Å². The third-order valence-corrected chi connectivity index (χ3v) is 2.71. The summed E-state index contributed by atoms with van der Waals surface area (Å²) in [5.74, 6) is 0. The van der Waals surface area contributed by atoms with Crippen LogP contribution < -0.4 is 28.1 Å². The van der Waals surface area contributed by atoms with Gasteiger partial charge in [-0.05, 0) is 61.3 Å². The third-order valence-electron chi connectivity index (χ3n) is 2.71. The van der Waals surface area contributed by atoms with Gasteiger partial charge >= 0.3 is 0 Å². The highest BCUT2D eigenvalue weighted by Crippen LogP contribution is 2.14. The summed E-state index contributed by atoms with van der Waals surface area (Å²) in [6.45, 7) is 14.3. The molecule has 0 aliphatic rings. The van der Waals surface area contributed by atoms with Crippen molar-refractivity contribution in [1.82, 2.24) is 10.9 Å². The lowest BCUT2D eigenvalue weighted by atomic mass is 9.93. The van der Waals surface area contributed by atoms with Gasteiger partial charge in [0, 0.05) is 11.1 Å². The van der Waals surface area contributed by atoms with Gasteiger partial charge in [-0.25, -0.2) is 5.43 Å². The quantitative estimate of drug-likeness (QED) is 0.316. The van der Waals surface area contributed by atoms with E-state index in [0.29, 0.717) is 13.0 Å². The molecular weight excluding hydrogens is 254 g/mol. The van der Waals surface area contributed by atoms with Gasteiger partial charge in [-0.3, -0.25) is 5.43 Å². The zero-order valence-electron chi connectivity index (χ0n) is 14.3. The molecule has 0 spiro atoms. The predicted molar refractivity (Wildman–Crippen MR) is 84.7 cm³/mol. The minimum absolute atomic E-state index is 0.162. The monoisotopic (exact) mass is 289 g/mol. The van der Waals surface area contributed by atoms with Crippen LogP contribution in [0.15, 0.2) is 0 Å². The Hall–Kier alpha value is -0.240. The van der Waals surface area contributed by atoms with Gasteiger partial charge in [0.05, 0.1) is 12.3 Å². The van der Waals surface area contributed by atoms with E-state index in [0.717, 1.165) is 6.42 Å². The van der Waals surface area contributed by atoms with Crippen LogP contribution in [0.25, 0.3) is 0 Å². The second-order valence-corrected chi connectivity index (χ2v) is 7.92. The van der Waals surface area contributed by atoms with Crippen molar-refractivity contribution < 1.29 is 4.74 Å². The average Bonchev–Trinajstić information content (AvgIpc) is 2.08. The number of hydrazine groups is 1. The van der Waals surface area contributed by atoms with Gasteiger partial charge in [0.1, 0.15) is 5.72 Å². The van der Waals surface area contributed by atoms with E-state index in [1.807, 2.05) is 34.6 Å². The summed E-state index contributed by atoms with van der Waals surface area (Å²) in [6.07, 6.45) is 1.46. The van der Waals surface area contributed by atoms with Gasteiger partial charge < -0.3 is 21.9 Å². The molecule has 0 fully saturated rings. The van der Waals surface area contributed by atoms with Gasteiger partial charge in [-0.1, -0.05) is 0 Å². The van der Waals surface area contributed by atoms with Crippen molar-refractivity contribution in [2.45, 2.75) is 83.8 Å². The van der Waals surface area contributed by atoms with E-state index in [-0.39, 0.29) is 11.1 Å². The number of hydrogen-bond acceptors (Lipinski definition) is 6. The zero-order chi connectivity index (χ0) is 16.2.